The van der Waals surface area contributed by atoms with Crippen LogP contribution in [0.25, 0.3) is 0 Å². The molecule has 1 aliphatic carbocycles. The van der Waals surface area contributed by atoms with Crippen LogP contribution in [-0.4, -0.2) is 44.0 Å². The Labute approximate surface area is 111 Å². The van der Waals surface area contributed by atoms with Gasteiger partial charge in [-0.05, 0) is 51.5 Å². The minimum Gasteiger partial charge on any atom is -0.380 e. The van der Waals surface area contributed by atoms with Crippen LogP contribution in [0.15, 0.2) is 0 Å². The van der Waals surface area contributed by atoms with Crippen LogP contribution in [0.3, 0.4) is 0 Å². The maximum Gasteiger partial charge on any atom is 0.129 e. The SMILES string of the molecule is CC1CCC(N(C)CC2(C=O)CCCOC2)CC1. The molecule has 0 N–H and O–H groups in total. The lowest BCUT2D eigenvalue weighted by molar-refractivity contribution is -0.126. The third-order valence-electron chi connectivity index (χ3n) is 4.78. The van der Waals surface area contributed by atoms with E-state index >= 15 is 0 Å². The molecule has 2 aliphatic rings. The molecule has 0 bridgehead atoms. The standard InChI is InChI=1S/C15H27NO2/c1-13-4-6-14(7-5-13)16(2)10-15(11-17)8-3-9-18-12-15/h11,13-14H,3-10,12H2,1-2H3. The first-order valence-electron chi connectivity index (χ1n) is 7.39. The normalized spacial score (nSPS) is 37.7. The summed E-state index contributed by atoms with van der Waals surface area (Å²) >= 11 is 0. The van der Waals surface area contributed by atoms with Crippen molar-refractivity contribution in [3.05, 3.63) is 0 Å². The van der Waals surface area contributed by atoms with Gasteiger partial charge in [-0.1, -0.05) is 6.92 Å². The number of hydrogen-bond donors (Lipinski definition) is 0. The van der Waals surface area contributed by atoms with Crippen LogP contribution >= 0.6 is 0 Å². The molecule has 0 radical (unpaired) electrons. The molecule has 0 spiro atoms. The predicted octanol–water partition coefficient (Wildman–Crippen LogP) is 2.49. The van der Waals surface area contributed by atoms with Crippen molar-refractivity contribution in [2.24, 2.45) is 11.3 Å². The van der Waals surface area contributed by atoms with E-state index in [0.29, 0.717) is 12.6 Å². The monoisotopic (exact) mass is 253 g/mol. The van der Waals surface area contributed by atoms with Gasteiger partial charge in [0.15, 0.2) is 0 Å². The Morgan fingerprint density at radius 3 is 2.61 bits per heavy atom. The van der Waals surface area contributed by atoms with Crippen molar-refractivity contribution in [3.63, 3.8) is 0 Å². The molecule has 1 aliphatic heterocycles. The molecule has 104 valence electrons. The quantitative estimate of drug-likeness (QED) is 0.721. The molecule has 2 fully saturated rings. The summed E-state index contributed by atoms with van der Waals surface area (Å²) in [5, 5.41) is 0. The molecule has 1 atom stereocenters. The molecular weight excluding hydrogens is 226 g/mol. The van der Waals surface area contributed by atoms with Crippen LogP contribution in [0.2, 0.25) is 0 Å². The Morgan fingerprint density at radius 2 is 2.06 bits per heavy atom. The summed E-state index contributed by atoms with van der Waals surface area (Å²) in [6.07, 6.45) is 8.40. The Morgan fingerprint density at radius 1 is 1.33 bits per heavy atom. The molecule has 1 heterocycles. The van der Waals surface area contributed by atoms with Gasteiger partial charge in [-0.2, -0.15) is 0 Å². The van der Waals surface area contributed by atoms with Gasteiger partial charge in [-0.15, -0.1) is 0 Å². The van der Waals surface area contributed by atoms with E-state index in [-0.39, 0.29) is 5.41 Å². The van der Waals surface area contributed by atoms with Crippen LogP contribution in [0.4, 0.5) is 0 Å². The second-order valence-corrected chi connectivity index (χ2v) is 6.47. The van der Waals surface area contributed by atoms with Crippen molar-refractivity contribution < 1.29 is 9.53 Å². The summed E-state index contributed by atoms with van der Waals surface area (Å²) < 4.78 is 5.52. The predicted molar refractivity (Wildman–Crippen MR) is 72.6 cm³/mol. The first kappa shape index (κ1) is 14.0. The van der Waals surface area contributed by atoms with E-state index in [1.54, 1.807) is 0 Å². The maximum absolute atomic E-state index is 11.4. The second-order valence-electron chi connectivity index (χ2n) is 6.47. The highest BCUT2D eigenvalue weighted by Crippen LogP contribution is 2.31. The zero-order chi connectivity index (χ0) is 13.0. The molecule has 1 saturated carbocycles. The van der Waals surface area contributed by atoms with Gasteiger partial charge in [0.25, 0.3) is 0 Å². The highest BCUT2D eigenvalue weighted by Gasteiger charge is 2.35. The van der Waals surface area contributed by atoms with Crippen LogP contribution in [0.5, 0.6) is 0 Å². The van der Waals surface area contributed by atoms with Crippen LogP contribution in [-0.2, 0) is 9.53 Å². The number of nitrogens with zero attached hydrogens (tertiary/aromatic N) is 1. The Kier molecular flexibility index (Phi) is 4.79. The summed E-state index contributed by atoms with van der Waals surface area (Å²) in [5.74, 6) is 0.882. The zero-order valence-electron chi connectivity index (χ0n) is 11.9. The van der Waals surface area contributed by atoms with E-state index in [0.717, 1.165) is 38.2 Å². The Bertz CT molecular complexity index is 266. The van der Waals surface area contributed by atoms with Crippen molar-refractivity contribution in [2.45, 2.75) is 51.5 Å². The zero-order valence-corrected chi connectivity index (χ0v) is 11.9. The van der Waals surface area contributed by atoms with E-state index in [4.69, 9.17) is 4.74 Å². The van der Waals surface area contributed by atoms with Gasteiger partial charge in [-0.3, -0.25) is 0 Å². The largest absolute Gasteiger partial charge is 0.380 e. The minimum absolute atomic E-state index is 0.240. The first-order valence-corrected chi connectivity index (χ1v) is 7.39. The van der Waals surface area contributed by atoms with Gasteiger partial charge in [0.2, 0.25) is 0 Å². The third kappa shape index (κ3) is 3.33. The molecule has 18 heavy (non-hydrogen) atoms. The Balaban J connectivity index is 1.88. The summed E-state index contributed by atoms with van der Waals surface area (Å²) in [5.41, 5.74) is -0.240. The number of rotatable bonds is 4. The smallest absolute Gasteiger partial charge is 0.129 e. The lowest BCUT2D eigenvalue weighted by Crippen LogP contribution is -2.47. The summed E-state index contributed by atoms with van der Waals surface area (Å²) in [6.45, 7) is 4.65. The van der Waals surface area contributed by atoms with Gasteiger partial charge in [0.1, 0.15) is 6.29 Å². The highest BCUT2D eigenvalue weighted by atomic mass is 16.5. The van der Waals surface area contributed by atoms with Gasteiger partial charge in [0.05, 0.1) is 12.0 Å². The molecule has 1 unspecified atom stereocenters. The number of ether oxygens (including phenoxy) is 1. The summed E-state index contributed by atoms with van der Waals surface area (Å²) in [7, 11) is 2.18. The molecule has 2 rings (SSSR count). The molecule has 1 saturated heterocycles. The average Bonchev–Trinajstić information content (AvgIpc) is 2.40. The third-order valence-corrected chi connectivity index (χ3v) is 4.78. The number of aldehydes is 1. The van der Waals surface area contributed by atoms with Crippen molar-refractivity contribution in [1.82, 2.24) is 4.90 Å². The van der Waals surface area contributed by atoms with Crippen molar-refractivity contribution in [3.8, 4) is 0 Å². The fourth-order valence-corrected chi connectivity index (χ4v) is 3.44. The molecular formula is C15H27NO2. The molecule has 0 aromatic heterocycles. The first-order chi connectivity index (χ1) is 8.65. The summed E-state index contributed by atoms with van der Waals surface area (Å²) in [4.78, 5) is 13.9. The maximum atomic E-state index is 11.4. The number of carbonyl (C=O) groups excluding carboxylic acids is 1. The number of hydrogen-bond acceptors (Lipinski definition) is 3. The molecule has 0 amide bonds. The van der Waals surface area contributed by atoms with Gasteiger partial charge in [0, 0.05) is 19.2 Å². The van der Waals surface area contributed by atoms with E-state index in [1.807, 2.05) is 0 Å². The van der Waals surface area contributed by atoms with E-state index < -0.39 is 0 Å². The van der Waals surface area contributed by atoms with Crippen LogP contribution in [0.1, 0.15) is 45.4 Å². The fraction of sp³-hybridized carbons (Fsp3) is 0.933. The minimum atomic E-state index is -0.240. The summed E-state index contributed by atoms with van der Waals surface area (Å²) in [6, 6.07) is 0.667. The fourth-order valence-electron chi connectivity index (χ4n) is 3.44. The van der Waals surface area contributed by atoms with Gasteiger partial charge >= 0.3 is 0 Å². The molecule has 3 nitrogen and oxygen atoms in total. The topological polar surface area (TPSA) is 29.5 Å². The van der Waals surface area contributed by atoms with E-state index in [9.17, 15) is 4.79 Å². The second kappa shape index (κ2) is 6.16. The van der Waals surface area contributed by atoms with Gasteiger partial charge in [-0.25, -0.2) is 0 Å². The van der Waals surface area contributed by atoms with Crippen LogP contribution in [0, 0.1) is 11.3 Å². The van der Waals surface area contributed by atoms with E-state index in [1.165, 1.54) is 25.7 Å². The molecule has 0 aromatic rings. The lowest BCUT2D eigenvalue weighted by Gasteiger charge is -2.40. The van der Waals surface area contributed by atoms with Crippen molar-refractivity contribution in [2.75, 3.05) is 26.8 Å². The number of carbonyl (C=O) groups is 1. The average molecular weight is 253 g/mol. The lowest BCUT2D eigenvalue weighted by atomic mass is 9.81. The van der Waals surface area contributed by atoms with Crippen molar-refractivity contribution >= 4 is 6.29 Å². The van der Waals surface area contributed by atoms with Crippen molar-refractivity contribution in [1.29, 1.82) is 0 Å². The van der Waals surface area contributed by atoms with E-state index in [2.05, 4.69) is 18.9 Å². The van der Waals surface area contributed by atoms with Crippen LogP contribution < -0.4 is 0 Å². The Hall–Kier alpha value is -0.410. The molecule has 0 aromatic carbocycles. The van der Waals surface area contributed by atoms with Gasteiger partial charge < -0.3 is 14.4 Å². The molecule has 3 heteroatoms. The highest BCUT2D eigenvalue weighted by molar-refractivity contribution is 5.60.